The molecule has 0 aliphatic carbocycles. The zero-order valence-corrected chi connectivity index (χ0v) is 12.9. The van der Waals surface area contributed by atoms with Crippen molar-refractivity contribution in [1.29, 1.82) is 0 Å². The average Bonchev–Trinajstić information content (AvgIpc) is 3.12. The number of amides is 2. The van der Waals surface area contributed by atoms with E-state index in [0.29, 0.717) is 18.8 Å². The number of hydrogen-bond donors (Lipinski definition) is 0. The van der Waals surface area contributed by atoms with Gasteiger partial charge in [0.25, 0.3) is 5.91 Å². The molecule has 2 aliphatic rings. The van der Waals surface area contributed by atoms with Crippen LogP contribution in [-0.2, 0) is 4.79 Å². The Bertz CT molecular complexity index is 580. The number of carbonyl (C=O) groups is 2. The molecule has 114 valence electrons. The highest BCUT2D eigenvalue weighted by Gasteiger charge is 2.55. The molecular formula is C16H22N2O3. The van der Waals surface area contributed by atoms with E-state index in [9.17, 15) is 9.59 Å². The lowest BCUT2D eigenvalue weighted by atomic mass is 9.78. The fourth-order valence-corrected chi connectivity index (χ4v) is 3.72. The van der Waals surface area contributed by atoms with Gasteiger partial charge in [-0.15, -0.1) is 0 Å². The smallest absolute Gasteiger partial charge is 0.289 e. The van der Waals surface area contributed by atoms with Crippen LogP contribution in [0, 0.1) is 18.3 Å². The third-order valence-corrected chi connectivity index (χ3v) is 5.18. The maximum Gasteiger partial charge on any atom is 0.289 e. The molecule has 1 spiro atoms. The van der Waals surface area contributed by atoms with Crippen LogP contribution in [0.5, 0.6) is 0 Å². The van der Waals surface area contributed by atoms with Gasteiger partial charge in [-0.05, 0) is 32.3 Å². The third kappa shape index (κ3) is 1.98. The number of hydrogen-bond acceptors (Lipinski definition) is 3. The fourth-order valence-electron chi connectivity index (χ4n) is 3.72. The number of carbonyl (C=O) groups excluding carboxylic acids is 2. The van der Waals surface area contributed by atoms with Gasteiger partial charge in [0.15, 0.2) is 5.76 Å². The van der Waals surface area contributed by atoms with Gasteiger partial charge >= 0.3 is 0 Å². The van der Waals surface area contributed by atoms with E-state index in [-0.39, 0.29) is 23.1 Å². The van der Waals surface area contributed by atoms with E-state index in [0.717, 1.165) is 25.1 Å². The summed E-state index contributed by atoms with van der Waals surface area (Å²) < 4.78 is 5.31. The van der Waals surface area contributed by atoms with Crippen molar-refractivity contribution in [3.05, 3.63) is 23.7 Å². The van der Waals surface area contributed by atoms with Crippen molar-refractivity contribution < 1.29 is 14.0 Å². The van der Waals surface area contributed by atoms with Gasteiger partial charge in [0.05, 0.1) is 11.7 Å². The molecule has 2 aliphatic heterocycles. The van der Waals surface area contributed by atoms with E-state index in [4.69, 9.17) is 4.42 Å². The minimum absolute atomic E-state index is 0.0935. The minimum atomic E-state index is -0.383. The van der Waals surface area contributed by atoms with Gasteiger partial charge in [-0.3, -0.25) is 9.59 Å². The lowest BCUT2D eigenvalue weighted by Crippen LogP contribution is -2.40. The van der Waals surface area contributed by atoms with Crippen LogP contribution in [0.15, 0.2) is 16.7 Å². The summed E-state index contributed by atoms with van der Waals surface area (Å²) in [7, 11) is 0. The molecule has 1 aromatic heterocycles. The van der Waals surface area contributed by atoms with E-state index in [1.807, 2.05) is 18.7 Å². The summed E-state index contributed by atoms with van der Waals surface area (Å²) in [5.41, 5.74) is 0.466. The normalized spacial score (nSPS) is 28.9. The molecule has 0 saturated carbocycles. The Morgan fingerprint density at radius 2 is 2.29 bits per heavy atom. The van der Waals surface area contributed by atoms with Gasteiger partial charge in [0.2, 0.25) is 5.91 Å². The molecule has 2 fully saturated rings. The molecule has 0 radical (unpaired) electrons. The summed E-state index contributed by atoms with van der Waals surface area (Å²) in [5.74, 6) is 0.714. The average molecular weight is 290 g/mol. The Morgan fingerprint density at radius 3 is 2.86 bits per heavy atom. The van der Waals surface area contributed by atoms with Crippen LogP contribution in [0.3, 0.4) is 0 Å². The SMILES string of the molecule is CCN1CC[C@]2(CN(C(=O)c3occc3C)C[C@H]2C)C1=O. The van der Waals surface area contributed by atoms with Crippen molar-refractivity contribution in [3.63, 3.8) is 0 Å². The molecule has 3 rings (SSSR count). The molecule has 21 heavy (non-hydrogen) atoms. The van der Waals surface area contributed by atoms with Crippen molar-refractivity contribution in [2.24, 2.45) is 11.3 Å². The molecule has 2 saturated heterocycles. The highest BCUT2D eigenvalue weighted by Crippen LogP contribution is 2.45. The number of nitrogens with zero attached hydrogens (tertiary/aromatic N) is 2. The van der Waals surface area contributed by atoms with Crippen LogP contribution in [-0.4, -0.2) is 47.8 Å². The first-order chi connectivity index (χ1) is 9.99. The first-order valence-corrected chi connectivity index (χ1v) is 7.62. The van der Waals surface area contributed by atoms with E-state index in [2.05, 4.69) is 6.92 Å². The molecule has 1 aromatic rings. The van der Waals surface area contributed by atoms with Gasteiger partial charge in [0.1, 0.15) is 0 Å². The van der Waals surface area contributed by atoms with Crippen LogP contribution in [0.4, 0.5) is 0 Å². The monoisotopic (exact) mass is 290 g/mol. The Balaban J connectivity index is 1.82. The zero-order chi connectivity index (χ0) is 15.2. The molecule has 0 N–H and O–H groups in total. The molecule has 5 nitrogen and oxygen atoms in total. The summed E-state index contributed by atoms with van der Waals surface area (Å²) in [6.07, 6.45) is 2.39. The number of rotatable bonds is 2. The van der Waals surface area contributed by atoms with Crippen molar-refractivity contribution in [3.8, 4) is 0 Å². The fraction of sp³-hybridized carbons (Fsp3) is 0.625. The molecule has 2 atom stereocenters. The largest absolute Gasteiger partial charge is 0.459 e. The van der Waals surface area contributed by atoms with Crippen molar-refractivity contribution in [2.45, 2.75) is 27.2 Å². The standard InChI is InChI=1S/C16H22N2O3/c1-4-17-7-6-16(15(17)20)10-18(9-12(16)3)14(19)13-11(2)5-8-21-13/h5,8,12H,4,6-7,9-10H2,1-3H3/t12-,16-/m1/s1. The summed E-state index contributed by atoms with van der Waals surface area (Å²) in [5, 5.41) is 0. The second-order valence-electron chi connectivity index (χ2n) is 6.31. The van der Waals surface area contributed by atoms with E-state index >= 15 is 0 Å². The van der Waals surface area contributed by atoms with Crippen LogP contribution in [0.25, 0.3) is 0 Å². The van der Waals surface area contributed by atoms with Gasteiger partial charge in [-0.25, -0.2) is 0 Å². The Labute approximate surface area is 124 Å². The van der Waals surface area contributed by atoms with Crippen LogP contribution in [0.2, 0.25) is 0 Å². The summed E-state index contributed by atoms with van der Waals surface area (Å²) >= 11 is 0. The summed E-state index contributed by atoms with van der Waals surface area (Å²) in [4.78, 5) is 28.9. The first-order valence-electron chi connectivity index (χ1n) is 7.62. The van der Waals surface area contributed by atoms with Gasteiger partial charge in [-0.2, -0.15) is 0 Å². The Morgan fingerprint density at radius 1 is 1.52 bits per heavy atom. The molecule has 3 heterocycles. The van der Waals surface area contributed by atoms with Crippen molar-refractivity contribution in [1.82, 2.24) is 9.80 Å². The predicted molar refractivity (Wildman–Crippen MR) is 77.8 cm³/mol. The van der Waals surface area contributed by atoms with Crippen molar-refractivity contribution in [2.75, 3.05) is 26.2 Å². The number of furan rings is 1. The second-order valence-corrected chi connectivity index (χ2v) is 6.31. The van der Waals surface area contributed by atoms with Crippen LogP contribution >= 0.6 is 0 Å². The predicted octanol–water partition coefficient (Wildman–Crippen LogP) is 1.92. The lowest BCUT2D eigenvalue weighted by Gasteiger charge is -2.26. The van der Waals surface area contributed by atoms with Gasteiger partial charge < -0.3 is 14.2 Å². The van der Waals surface area contributed by atoms with Gasteiger partial charge in [-0.1, -0.05) is 6.92 Å². The van der Waals surface area contributed by atoms with Crippen LogP contribution in [0.1, 0.15) is 36.4 Å². The quantitative estimate of drug-likeness (QED) is 0.836. The van der Waals surface area contributed by atoms with E-state index in [1.165, 1.54) is 6.26 Å². The third-order valence-electron chi connectivity index (χ3n) is 5.18. The lowest BCUT2D eigenvalue weighted by molar-refractivity contribution is -0.136. The number of likely N-dealkylation sites (tertiary alicyclic amines) is 2. The summed E-state index contributed by atoms with van der Waals surface area (Å²) in [6.45, 7) is 8.65. The highest BCUT2D eigenvalue weighted by atomic mass is 16.3. The van der Waals surface area contributed by atoms with Gasteiger partial charge in [0, 0.05) is 31.7 Å². The zero-order valence-electron chi connectivity index (χ0n) is 12.9. The van der Waals surface area contributed by atoms with Crippen molar-refractivity contribution >= 4 is 11.8 Å². The highest BCUT2D eigenvalue weighted by molar-refractivity contribution is 5.94. The molecular weight excluding hydrogens is 268 g/mol. The maximum atomic E-state index is 12.7. The Hall–Kier alpha value is -1.78. The Kier molecular flexibility index (Phi) is 3.30. The van der Waals surface area contributed by atoms with E-state index < -0.39 is 0 Å². The first kappa shape index (κ1) is 14.2. The minimum Gasteiger partial charge on any atom is -0.459 e. The molecule has 0 unspecified atom stereocenters. The molecule has 5 heteroatoms. The van der Waals surface area contributed by atoms with Crippen LogP contribution < -0.4 is 0 Å². The maximum absolute atomic E-state index is 12.7. The molecule has 2 amide bonds. The summed E-state index contributed by atoms with van der Waals surface area (Å²) in [6, 6.07) is 1.79. The molecule has 0 bridgehead atoms. The number of aryl methyl sites for hydroxylation is 1. The van der Waals surface area contributed by atoms with E-state index in [1.54, 1.807) is 11.0 Å². The topological polar surface area (TPSA) is 53.8 Å². The molecule has 0 aromatic carbocycles. The second kappa shape index (κ2) is 4.90.